The van der Waals surface area contributed by atoms with Gasteiger partial charge in [-0.1, -0.05) is 18.2 Å². The van der Waals surface area contributed by atoms with Crippen LogP contribution in [0.15, 0.2) is 48.9 Å². The van der Waals surface area contributed by atoms with Crippen LogP contribution in [0, 0.1) is 0 Å². The van der Waals surface area contributed by atoms with E-state index in [-0.39, 0.29) is 11.9 Å². The van der Waals surface area contributed by atoms with Gasteiger partial charge in [0.05, 0.1) is 11.9 Å². The van der Waals surface area contributed by atoms with Crippen LogP contribution in [0.3, 0.4) is 0 Å². The second-order valence-corrected chi connectivity index (χ2v) is 6.07. The molecular formula is C18H17N5O3. The van der Waals surface area contributed by atoms with Crippen LogP contribution in [0.4, 0.5) is 4.79 Å². The maximum atomic E-state index is 11.0. The predicted octanol–water partition coefficient (Wildman–Crippen LogP) is 3.13. The molecule has 2 aromatic heterocycles. The Bertz CT molecular complexity index is 895. The first-order valence-corrected chi connectivity index (χ1v) is 8.27. The Morgan fingerprint density at radius 2 is 1.92 bits per heavy atom. The minimum Gasteiger partial charge on any atom is -0.465 e. The first-order chi connectivity index (χ1) is 12.7. The summed E-state index contributed by atoms with van der Waals surface area (Å²) in [6.45, 7) is 0.993. The molecule has 1 aliphatic rings. The minimum atomic E-state index is -0.887. The standard InChI is InChI=1S/C18H17N5O3/c24-18(25)23-7-6-12(11-23)16-19-10-15(22-16)13-8-20-17(21-9-13)26-14-4-2-1-3-5-14/h1-5,8-10,12H,6-7,11H2,(H,19,22)(H,24,25). The SMILES string of the molecule is O=C(O)N1CCC(c2ncc(-c3cnc(Oc4ccccc4)nc3)[nH]2)C1. The first-order valence-electron chi connectivity index (χ1n) is 8.27. The molecule has 1 unspecified atom stereocenters. The lowest BCUT2D eigenvalue weighted by atomic mass is 10.1. The fourth-order valence-corrected chi connectivity index (χ4v) is 2.95. The van der Waals surface area contributed by atoms with Gasteiger partial charge in [-0.3, -0.25) is 0 Å². The molecule has 1 atom stereocenters. The summed E-state index contributed by atoms with van der Waals surface area (Å²) < 4.78 is 5.58. The third-order valence-electron chi connectivity index (χ3n) is 4.33. The zero-order valence-electron chi connectivity index (χ0n) is 13.9. The Hall–Kier alpha value is -3.42. The van der Waals surface area contributed by atoms with Gasteiger partial charge in [-0.05, 0) is 18.6 Å². The minimum absolute atomic E-state index is 0.0847. The van der Waals surface area contributed by atoms with Crippen LogP contribution < -0.4 is 4.74 Å². The Morgan fingerprint density at radius 1 is 1.15 bits per heavy atom. The monoisotopic (exact) mass is 351 g/mol. The van der Waals surface area contributed by atoms with Crippen LogP contribution in [0.2, 0.25) is 0 Å². The topological polar surface area (TPSA) is 104 Å². The van der Waals surface area contributed by atoms with E-state index in [9.17, 15) is 4.79 Å². The van der Waals surface area contributed by atoms with E-state index in [0.717, 1.165) is 23.5 Å². The summed E-state index contributed by atoms with van der Waals surface area (Å²) >= 11 is 0. The Kier molecular flexibility index (Phi) is 4.22. The van der Waals surface area contributed by atoms with Crippen molar-refractivity contribution in [3.8, 4) is 23.0 Å². The number of aromatic amines is 1. The van der Waals surface area contributed by atoms with Gasteiger partial charge in [0.25, 0.3) is 0 Å². The third kappa shape index (κ3) is 3.34. The largest absolute Gasteiger partial charge is 0.465 e. The van der Waals surface area contributed by atoms with Crippen molar-refractivity contribution in [3.63, 3.8) is 0 Å². The Morgan fingerprint density at radius 3 is 2.62 bits per heavy atom. The van der Waals surface area contributed by atoms with Gasteiger partial charge in [0.2, 0.25) is 0 Å². The quantitative estimate of drug-likeness (QED) is 0.748. The number of hydrogen-bond acceptors (Lipinski definition) is 5. The molecule has 0 radical (unpaired) electrons. The number of amides is 1. The number of rotatable bonds is 4. The number of imidazole rings is 1. The van der Waals surface area contributed by atoms with Crippen molar-refractivity contribution in [1.82, 2.24) is 24.8 Å². The van der Waals surface area contributed by atoms with E-state index in [1.807, 2.05) is 30.3 Å². The molecule has 4 rings (SSSR count). The summed E-state index contributed by atoms with van der Waals surface area (Å²) in [6, 6.07) is 9.61. The van der Waals surface area contributed by atoms with Crippen LogP contribution in [0.5, 0.6) is 11.8 Å². The fourth-order valence-electron chi connectivity index (χ4n) is 2.95. The molecule has 3 heterocycles. The molecule has 0 bridgehead atoms. The molecule has 1 amide bonds. The number of nitrogens with zero attached hydrogens (tertiary/aromatic N) is 4. The third-order valence-corrected chi connectivity index (χ3v) is 4.33. The Balaban J connectivity index is 1.45. The number of aromatic nitrogens is 4. The maximum Gasteiger partial charge on any atom is 0.407 e. The van der Waals surface area contributed by atoms with Crippen molar-refractivity contribution >= 4 is 6.09 Å². The number of carbonyl (C=O) groups is 1. The number of ether oxygens (including phenoxy) is 1. The van der Waals surface area contributed by atoms with Crippen molar-refractivity contribution in [2.75, 3.05) is 13.1 Å². The number of likely N-dealkylation sites (tertiary alicyclic amines) is 1. The number of hydrogen-bond donors (Lipinski definition) is 2. The van der Waals surface area contributed by atoms with Crippen LogP contribution >= 0.6 is 0 Å². The number of para-hydroxylation sites is 1. The molecule has 1 fully saturated rings. The van der Waals surface area contributed by atoms with Gasteiger partial charge in [-0.25, -0.2) is 19.7 Å². The zero-order chi connectivity index (χ0) is 17.9. The highest BCUT2D eigenvalue weighted by atomic mass is 16.5. The number of nitrogens with one attached hydrogen (secondary N) is 1. The Labute approximate surface area is 149 Å². The summed E-state index contributed by atoms with van der Waals surface area (Å²) in [4.78, 5) is 28.5. The van der Waals surface area contributed by atoms with Crippen molar-refractivity contribution < 1.29 is 14.6 Å². The van der Waals surface area contributed by atoms with Crippen molar-refractivity contribution in [2.45, 2.75) is 12.3 Å². The van der Waals surface area contributed by atoms with Gasteiger partial charge in [0, 0.05) is 37.0 Å². The van der Waals surface area contributed by atoms with Crippen molar-refractivity contribution in [2.24, 2.45) is 0 Å². The van der Waals surface area contributed by atoms with Gasteiger partial charge in [-0.2, -0.15) is 0 Å². The molecule has 8 nitrogen and oxygen atoms in total. The highest BCUT2D eigenvalue weighted by molar-refractivity contribution is 5.65. The lowest BCUT2D eigenvalue weighted by Crippen LogP contribution is -2.26. The molecule has 26 heavy (non-hydrogen) atoms. The molecule has 8 heteroatoms. The van der Waals surface area contributed by atoms with Gasteiger partial charge in [0.15, 0.2) is 0 Å². The lowest BCUT2D eigenvalue weighted by Gasteiger charge is -2.10. The van der Waals surface area contributed by atoms with E-state index in [0.29, 0.717) is 18.8 Å². The van der Waals surface area contributed by atoms with Crippen molar-refractivity contribution in [3.05, 3.63) is 54.7 Å². The molecule has 132 valence electrons. The molecule has 1 aromatic carbocycles. The van der Waals surface area contributed by atoms with E-state index in [4.69, 9.17) is 9.84 Å². The highest BCUT2D eigenvalue weighted by Crippen LogP contribution is 2.27. The van der Waals surface area contributed by atoms with Crippen LogP contribution in [-0.2, 0) is 0 Å². The molecule has 3 aromatic rings. The molecule has 0 aliphatic carbocycles. The molecule has 0 saturated carbocycles. The van der Waals surface area contributed by atoms with Gasteiger partial charge < -0.3 is 19.7 Å². The normalized spacial score (nSPS) is 16.6. The fraction of sp³-hybridized carbons (Fsp3) is 0.222. The molecule has 0 spiro atoms. The second kappa shape index (κ2) is 6.83. The van der Waals surface area contributed by atoms with Crippen LogP contribution in [0.25, 0.3) is 11.3 Å². The smallest absolute Gasteiger partial charge is 0.407 e. The van der Waals surface area contributed by atoms with Crippen molar-refractivity contribution in [1.29, 1.82) is 0 Å². The average Bonchev–Trinajstić information content (AvgIpc) is 3.33. The first kappa shape index (κ1) is 16.1. The van der Waals surface area contributed by atoms with Gasteiger partial charge in [0.1, 0.15) is 11.6 Å². The number of benzene rings is 1. The number of carboxylic acid groups (broad SMARTS) is 1. The van der Waals surface area contributed by atoms with Crippen LogP contribution in [-0.4, -0.2) is 49.1 Å². The molecule has 2 N–H and O–H groups in total. The molecular weight excluding hydrogens is 334 g/mol. The van der Waals surface area contributed by atoms with E-state index < -0.39 is 6.09 Å². The van der Waals surface area contributed by atoms with E-state index in [1.165, 1.54) is 4.90 Å². The van der Waals surface area contributed by atoms with Gasteiger partial charge in [-0.15, -0.1) is 0 Å². The highest BCUT2D eigenvalue weighted by Gasteiger charge is 2.28. The summed E-state index contributed by atoms with van der Waals surface area (Å²) in [7, 11) is 0. The van der Waals surface area contributed by atoms with Gasteiger partial charge >= 0.3 is 12.1 Å². The number of H-pyrrole nitrogens is 1. The summed E-state index contributed by atoms with van der Waals surface area (Å²) in [6.07, 6.45) is 4.93. The lowest BCUT2D eigenvalue weighted by molar-refractivity contribution is 0.155. The maximum absolute atomic E-state index is 11.0. The predicted molar refractivity (Wildman–Crippen MR) is 93.1 cm³/mol. The summed E-state index contributed by atoms with van der Waals surface area (Å²) in [5.74, 6) is 1.54. The van der Waals surface area contributed by atoms with Crippen LogP contribution in [0.1, 0.15) is 18.2 Å². The summed E-state index contributed by atoms with van der Waals surface area (Å²) in [5.41, 5.74) is 1.58. The molecule has 1 aliphatic heterocycles. The van der Waals surface area contributed by atoms with E-state index >= 15 is 0 Å². The summed E-state index contributed by atoms with van der Waals surface area (Å²) in [5, 5.41) is 9.06. The van der Waals surface area contributed by atoms with E-state index in [1.54, 1.807) is 18.6 Å². The van der Waals surface area contributed by atoms with E-state index in [2.05, 4.69) is 19.9 Å². The zero-order valence-corrected chi connectivity index (χ0v) is 13.9. The molecule has 1 saturated heterocycles. The average molecular weight is 351 g/mol. The second-order valence-electron chi connectivity index (χ2n) is 6.07.